The molecule has 0 saturated carbocycles. The normalized spacial score (nSPS) is 12.2. The van der Waals surface area contributed by atoms with Gasteiger partial charge in [-0.05, 0) is 12.1 Å². The van der Waals surface area contributed by atoms with Crippen molar-refractivity contribution in [2.24, 2.45) is 5.73 Å². The molecule has 1 atom stereocenters. The molecule has 0 radical (unpaired) electrons. The number of halogens is 2. The van der Waals surface area contributed by atoms with Crippen molar-refractivity contribution in [1.29, 1.82) is 0 Å². The summed E-state index contributed by atoms with van der Waals surface area (Å²) in [7, 11) is 1.34. The molecule has 0 aliphatic rings. The number of ether oxygens (including phenoxy) is 1. The Kier molecular flexibility index (Phi) is 4.33. The van der Waals surface area contributed by atoms with Crippen molar-refractivity contribution < 1.29 is 18.3 Å². The summed E-state index contributed by atoms with van der Waals surface area (Å²) in [5.74, 6) is -2.50. The first-order valence-corrected chi connectivity index (χ1v) is 4.57. The number of anilines is 1. The number of amides is 1. The fourth-order valence-electron chi connectivity index (χ4n) is 1.11. The summed E-state index contributed by atoms with van der Waals surface area (Å²) in [6.07, 6.45) is -0.812. The number of hydrogen-bond acceptors (Lipinski definition) is 3. The van der Waals surface area contributed by atoms with Crippen LogP contribution in [-0.4, -0.2) is 25.7 Å². The highest BCUT2D eigenvalue weighted by Gasteiger charge is 2.16. The van der Waals surface area contributed by atoms with E-state index in [0.29, 0.717) is 0 Å². The molecule has 6 heteroatoms. The quantitative estimate of drug-likeness (QED) is 0.806. The maximum atomic E-state index is 12.8. The molecule has 88 valence electrons. The van der Waals surface area contributed by atoms with E-state index in [0.717, 1.165) is 12.1 Å². The first kappa shape index (κ1) is 12.5. The van der Waals surface area contributed by atoms with Gasteiger partial charge in [0.1, 0.15) is 6.10 Å². The highest BCUT2D eigenvalue weighted by Crippen LogP contribution is 2.13. The summed E-state index contributed by atoms with van der Waals surface area (Å²) < 4.78 is 30.2. The number of methoxy groups -OCH3 is 1. The van der Waals surface area contributed by atoms with Gasteiger partial charge in [0.15, 0.2) is 11.6 Å². The molecular weight excluding hydrogens is 218 g/mol. The molecule has 0 saturated heterocycles. The molecule has 4 nitrogen and oxygen atoms in total. The highest BCUT2D eigenvalue weighted by atomic mass is 19.2. The first-order valence-electron chi connectivity index (χ1n) is 4.57. The fraction of sp³-hybridized carbons (Fsp3) is 0.300. The zero-order valence-electron chi connectivity index (χ0n) is 8.67. The van der Waals surface area contributed by atoms with E-state index in [4.69, 9.17) is 10.5 Å². The van der Waals surface area contributed by atoms with Gasteiger partial charge in [0, 0.05) is 25.4 Å². The number of nitrogens with one attached hydrogen (secondary N) is 1. The lowest BCUT2D eigenvalue weighted by atomic mass is 10.2. The maximum absolute atomic E-state index is 12.8. The third-order valence-electron chi connectivity index (χ3n) is 1.98. The average molecular weight is 230 g/mol. The smallest absolute Gasteiger partial charge is 0.254 e. The molecular formula is C10H12F2N2O2. The summed E-state index contributed by atoms with van der Waals surface area (Å²) in [6, 6.07) is 3.06. The van der Waals surface area contributed by atoms with Crippen LogP contribution in [0.5, 0.6) is 0 Å². The Balaban J connectivity index is 2.73. The molecule has 0 aliphatic carbocycles. The predicted molar refractivity (Wildman–Crippen MR) is 54.8 cm³/mol. The van der Waals surface area contributed by atoms with Gasteiger partial charge in [-0.1, -0.05) is 0 Å². The summed E-state index contributed by atoms with van der Waals surface area (Å²) in [5, 5.41) is 2.36. The Hall–Kier alpha value is -1.53. The van der Waals surface area contributed by atoms with Gasteiger partial charge in [-0.3, -0.25) is 4.79 Å². The van der Waals surface area contributed by atoms with Gasteiger partial charge in [-0.15, -0.1) is 0 Å². The van der Waals surface area contributed by atoms with Crippen LogP contribution in [0.3, 0.4) is 0 Å². The third kappa shape index (κ3) is 2.98. The molecule has 0 aromatic heterocycles. The van der Waals surface area contributed by atoms with Gasteiger partial charge in [0.25, 0.3) is 5.91 Å². The molecule has 0 fully saturated rings. The Morgan fingerprint density at radius 3 is 2.69 bits per heavy atom. The van der Waals surface area contributed by atoms with Gasteiger partial charge in [-0.2, -0.15) is 0 Å². The second kappa shape index (κ2) is 5.53. The predicted octanol–water partition coefficient (Wildman–Crippen LogP) is 0.877. The van der Waals surface area contributed by atoms with E-state index < -0.39 is 23.6 Å². The minimum Gasteiger partial charge on any atom is -0.370 e. The number of hydrogen-bond donors (Lipinski definition) is 2. The van der Waals surface area contributed by atoms with Crippen molar-refractivity contribution >= 4 is 11.6 Å². The number of carbonyl (C=O) groups excluding carboxylic acids is 1. The van der Waals surface area contributed by atoms with Crippen molar-refractivity contribution in [3.63, 3.8) is 0 Å². The molecule has 16 heavy (non-hydrogen) atoms. The van der Waals surface area contributed by atoms with Crippen LogP contribution in [0, 0.1) is 11.6 Å². The molecule has 0 spiro atoms. The standard InChI is InChI=1S/C10H12F2N2O2/c1-16-9(5-13)10(15)14-6-2-3-7(11)8(12)4-6/h2-4,9H,5,13H2,1H3,(H,14,15). The number of nitrogens with two attached hydrogens (primary N) is 1. The van der Waals surface area contributed by atoms with Crippen LogP contribution >= 0.6 is 0 Å². The lowest BCUT2D eigenvalue weighted by Crippen LogP contribution is -2.35. The third-order valence-corrected chi connectivity index (χ3v) is 1.98. The Morgan fingerprint density at radius 2 is 2.19 bits per heavy atom. The molecule has 1 aromatic carbocycles. The summed E-state index contributed by atoms with van der Waals surface area (Å²) in [5.41, 5.74) is 5.42. The monoisotopic (exact) mass is 230 g/mol. The molecule has 1 amide bonds. The summed E-state index contributed by atoms with van der Waals surface area (Å²) in [4.78, 5) is 11.4. The van der Waals surface area contributed by atoms with Crippen LogP contribution in [0.15, 0.2) is 18.2 Å². The molecule has 0 heterocycles. The lowest BCUT2D eigenvalue weighted by Gasteiger charge is -2.12. The highest BCUT2D eigenvalue weighted by molar-refractivity contribution is 5.94. The van der Waals surface area contributed by atoms with E-state index in [9.17, 15) is 13.6 Å². The van der Waals surface area contributed by atoms with Gasteiger partial charge < -0.3 is 15.8 Å². The molecule has 3 N–H and O–H groups in total. The largest absolute Gasteiger partial charge is 0.370 e. The maximum Gasteiger partial charge on any atom is 0.254 e. The fourth-order valence-corrected chi connectivity index (χ4v) is 1.11. The second-order valence-electron chi connectivity index (χ2n) is 3.08. The average Bonchev–Trinajstić information content (AvgIpc) is 2.25. The SMILES string of the molecule is COC(CN)C(=O)Nc1ccc(F)c(F)c1. The van der Waals surface area contributed by atoms with Crippen LogP contribution in [0.4, 0.5) is 14.5 Å². The van der Waals surface area contributed by atoms with Crippen LogP contribution in [-0.2, 0) is 9.53 Å². The minimum atomic E-state index is -1.03. The summed E-state index contributed by atoms with van der Waals surface area (Å²) >= 11 is 0. The van der Waals surface area contributed by atoms with Crippen molar-refractivity contribution in [1.82, 2.24) is 0 Å². The summed E-state index contributed by atoms with van der Waals surface area (Å²) in [6.45, 7) is 0.00596. The van der Waals surface area contributed by atoms with Crippen LogP contribution in [0.25, 0.3) is 0 Å². The number of rotatable bonds is 4. The van der Waals surface area contributed by atoms with E-state index in [-0.39, 0.29) is 12.2 Å². The van der Waals surface area contributed by atoms with Crippen molar-refractivity contribution in [2.45, 2.75) is 6.10 Å². The Bertz CT molecular complexity index is 381. The van der Waals surface area contributed by atoms with Crippen LogP contribution in [0.2, 0.25) is 0 Å². The first-order chi connectivity index (χ1) is 7.58. The zero-order chi connectivity index (χ0) is 12.1. The molecule has 0 aliphatic heterocycles. The lowest BCUT2D eigenvalue weighted by molar-refractivity contribution is -0.125. The van der Waals surface area contributed by atoms with E-state index in [1.54, 1.807) is 0 Å². The van der Waals surface area contributed by atoms with Gasteiger partial charge >= 0.3 is 0 Å². The van der Waals surface area contributed by atoms with Crippen LogP contribution < -0.4 is 11.1 Å². The van der Waals surface area contributed by atoms with E-state index in [1.165, 1.54) is 13.2 Å². The number of benzene rings is 1. The topological polar surface area (TPSA) is 64.3 Å². The minimum absolute atomic E-state index is 0.00596. The van der Waals surface area contributed by atoms with Crippen molar-refractivity contribution in [3.8, 4) is 0 Å². The van der Waals surface area contributed by atoms with Gasteiger partial charge in [-0.25, -0.2) is 8.78 Å². The number of carbonyl (C=O) groups is 1. The van der Waals surface area contributed by atoms with Gasteiger partial charge in [0.2, 0.25) is 0 Å². The molecule has 1 unspecified atom stereocenters. The van der Waals surface area contributed by atoms with E-state index in [2.05, 4.69) is 5.32 Å². The van der Waals surface area contributed by atoms with Gasteiger partial charge in [0.05, 0.1) is 0 Å². The molecule has 0 bridgehead atoms. The van der Waals surface area contributed by atoms with Crippen molar-refractivity contribution in [2.75, 3.05) is 19.0 Å². The zero-order valence-corrected chi connectivity index (χ0v) is 8.67. The van der Waals surface area contributed by atoms with E-state index >= 15 is 0 Å². The molecule has 1 aromatic rings. The molecule has 1 rings (SSSR count). The van der Waals surface area contributed by atoms with E-state index in [1.807, 2.05) is 0 Å². The van der Waals surface area contributed by atoms with Crippen molar-refractivity contribution in [3.05, 3.63) is 29.8 Å². The second-order valence-corrected chi connectivity index (χ2v) is 3.08. The van der Waals surface area contributed by atoms with Crippen LogP contribution in [0.1, 0.15) is 0 Å². The Labute approximate surface area is 91.4 Å². The Morgan fingerprint density at radius 1 is 1.50 bits per heavy atom.